The van der Waals surface area contributed by atoms with E-state index in [0.29, 0.717) is 0 Å². The van der Waals surface area contributed by atoms with Crippen molar-refractivity contribution >= 4 is 36.1 Å². The number of pyridine rings is 1. The van der Waals surface area contributed by atoms with Gasteiger partial charge in [0.15, 0.2) is 0 Å². The van der Waals surface area contributed by atoms with E-state index >= 15 is 0 Å². The number of hydrogen-bond acceptors (Lipinski definition) is 2. The van der Waals surface area contributed by atoms with E-state index in [1.54, 1.807) is 6.20 Å². The lowest BCUT2D eigenvalue weighted by atomic mass is 10.1. The summed E-state index contributed by atoms with van der Waals surface area (Å²) >= 11 is 0. The predicted molar refractivity (Wildman–Crippen MR) is 108 cm³/mol. The van der Waals surface area contributed by atoms with Crippen LogP contribution in [0.5, 0.6) is 0 Å². The van der Waals surface area contributed by atoms with E-state index in [2.05, 4.69) is 35.6 Å². The van der Waals surface area contributed by atoms with Crippen LogP contribution in [0.1, 0.15) is 5.56 Å². The number of benzene rings is 2. The molecule has 126 valence electrons. The maximum Gasteiger partial charge on any atom is 0.255 e. The molecule has 0 fully saturated rings. The molecular formula is C21H22N2OSi. The van der Waals surface area contributed by atoms with Gasteiger partial charge in [0.25, 0.3) is 5.91 Å². The molecule has 1 amide bonds. The lowest BCUT2D eigenvalue weighted by Crippen LogP contribution is -2.21. The van der Waals surface area contributed by atoms with Gasteiger partial charge in [0.05, 0.1) is 19.3 Å². The number of rotatable bonds is 4. The molecule has 1 heterocycles. The molecular weight excluding hydrogens is 324 g/mol. The predicted octanol–water partition coefficient (Wildman–Crippen LogP) is 5.13. The molecule has 25 heavy (non-hydrogen) atoms. The van der Waals surface area contributed by atoms with Crippen molar-refractivity contribution in [2.45, 2.75) is 19.6 Å². The number of hydrogen-bond donors (Lipinski definition) is 1. The van der Waals surface area contributed by atoms with E-state index in [1.165, 1.54) is 0 Å². The van der Waals surface area contributed by atoms with Gasteiger partial charge < -0.3 is 5.32 Å². The molecule has 3 aromatic rings. The van der Waals surface area contributed by atoms with Crippen LogP contribution >= 0.6 is 0 Å². The first-order valence-corrected chi connectivity index (χ1v) is 12.0. The summed E-state index contributed by atoms with van der Waals surface area (Å²) < 4.78 is 0. The molecule has 0 aliphatic heterocycles. The van der Waals surface area contributed by atoms with Crippen LogP contribution in [0.4, 0.5) is 5.69 Å². The second-order valence-electron chi connectivity index (χ2n) is 7.12. The van der Waals surface area contributed by atoms with Crippen molar-refractivity contribution in [1.82, 2.24) is 4.98 Å². The Morgan fingerprint density at radius 1 is 0.960 bits per heavy atom. The average Bonchev–Trinajstić information content (AvgIpc) is 2.60. The molecule has 0 aliphatic rings. The Kier molecular flexibility index (Phi) is 4.81. The second-order valence-corrected chi connectivity index (χ2v) is 12.1. The van der Waals surface area contributed by atoms with Crippen LogP contribution in [0, 0.1) is 0 Å². The zero-order valence-corrected chi connectivity index (χ0v) is 15.8. The van der Waals surface area contributed by atoms with E-state index in [1.807, 2.05) is 60.7 Å². The van der Waals surface area contributed by atoms with E-state index in [4.69, 9.17) is 0 Å². The van der Waals surface area contributed by atoms with E-state index in [0.717, 1.165) is 27.7 Å². The second kappa shape index (κ2) is 7.03. The van der Waals surface area contributed by atoms with Crippen LogP contribution < -0.4 is 5.32 Å². The molecule has 0 spiro atoms. The van der Waals surface area contributed by atoms with Gasteiger partial charge in [0.2, 0.25) is 0 Å². The van der Waals surface area contributed by atoms with E-state index < -0.39 is 8.07 Å². The Bertz CT molecular complexity index is 922. The summed E-state index contributed by atoms with van der Waals surface area (Å²) in [6.07, 6.45) is 1.74. The van der Waals surface area contributed by atoms with Crippen molar-refractivity contribution in [1.29, 1.82) is 0 Å². The van der Waals surface area contributed by atoms with Gasteiger partial charge in [0.1, 0.15) is 0 Å². The molecule has 0 aliphatic carbocycles. The van der Waals surface area contributed by atoms with Crippen LogP contribution in [0.2, 0.25) is 19.6 Å². The maximum absolute atomic E-state index is 13.0. The first-order valence-electron chi connectivity index (χ1n) is 8.37. The van der Waals surface area contributed by atoms with Crippen LogP contribution in [-0.2, 0) is 4.79 Å². The topological polar surface area (TPSA) is 42.0 Å². The summed E-state index contributed by atoms with van der Waals surface area (Å²) in [5.41, 5.74) is 5.36. The Balaban J connectivity index is 2.00. The zero-order valence-electron chi connectivity index (χ0n) is 14.8. The molecule has 3 nitrogen and oxygen atoms in total. The summed E-state index contributed by atoms with van der Waals surface area (Å²) in [6, 6.07) is 19.5. The number of amides is 1. The van der Waals surface area contributed by atoms with Crippen LogP contribution in [-0.4, -0.2) is 19.0 Å². The van der Waals surface area contributed by atoms with Crippen molar-refractivity contribution in [2.24, 2.45) is 0 Å². The molecule has 0 bridgehead atoms. The molecule has 2 aromatic carbocycles. The number of nitrogens with one attached hydrogen (secondary N) is 1. The highest BCUT2D eigenvalue weighted by Gasteiger charge is 2.18. The Morgan fingerprint density at radius 3 is 2.40 bits per heavy atom. The fourth-order valence-electron chi connectivity index (χ4n) is 2.73. The van der Waals surface area contributed by atoms with Gasteiger partial charge in [0, 0.05) is 17.2 Å². The highest BCUT2D eigenvalue weighted by Crippen LogP contribution is 2.24. The van der Waals surface area contributed by atoms with Crippen molar-refractivity contribution in [3.63, 3.8) is 0 Å². The Labute approximate surface area is 149 Å². The zero-order chi connectivity index (χ0) is 17.9. The first-order chi connectivity index (χ1) is 11.9. The molecule has 4 heteroatoms. The van der Waals surface area contributed by atoms with Gasteiger partial charge >= 0.3 is 0 Å². The smallest absolute Gasteiger partial charge is 0.255 e. The van der Waals surface area contributed by atoms with Crippen molar-refractivity contribution in [3.8, 4) is 0 Å². The number of fused-ring (bicyclic) bond motifs is 1. The van der Waals surface area contributed by atoms with E-state index in [9.17, 15) is 4.79 Å². The van der Waals surface area contributed by atoms with Gasteiger partial charge in [-0.2, -0.15) is 0 Å². The third-order valence-corrected chi connectivity index (χ3v) is 4.94. The number of carbonyl (C=O) groups is 1. The lowest BCUT2D eigenvalue weighted by molar-refractivity contribution is -0.111. The molecule has 0 atom stereocenters. The number of para-hydroxylation sites is 1. The van der Waals surface area contributed by atoms with Gasteiger partial charge in [-0.05, 0) is 17.7 Å². The lowest BCUT2D eigenvalue weighted by Gasteiger charge is -2.16. The van der Waals surface area contributed by atoms with Crippen LogP contribution in [0.25, 0.3) is 16.5 Å². The monoisotopic (exact) mass is 346 g/mol. The summed E-state index contributed by atoms with van der Waals surface area (Å²) in [6.45, 7) is 6.67. The molecule has 0 saturated carbocycles. The molecule has 1 aromatic heterocycles. The maximum atomic E-state index is 13.0. The van der Waals surface area contributed by atoms with E-state index in [-0.39, 0.29) is 5.91 Å². The minimum atomic E-state index is -1.58. The summed E-state index contributed by atoms with van der Waals surface area (Å²) in [4.78, 5) is 17.5. The van der Waals surface area contributed by atoms with Gasteiger partial charge in [-0.1, -0.05) is 73.9 Å². The Morgan fingerprint density at radius 2 is 1.68 bits per heavy atom. The standard InChI is InChI=1S/C21H22N2OSi/c1-25(2,3)15-18(16-9-5-4-6-10-16)21(24)23-19-13-7-11-17-12-8-14-22-20(17)19/h4-15H,1-3H3,(H,23,24)/b18-15-. The average molecular weight is 347 g/mol. The number of nitrogens with zero attached hydrogens (tertiary/aromatic N) is 1. The van der Waals surface area contributed by atoms with Crippen LogP contribution in [0.15, 0.2) is 72.6 Å². The number of carbonyl (C=O) groups excluding carboxylic acids is 1. The fourth-order valence-corrected chi connectivity index (χ4v) is 3.89. The molecule has 0 unspecified atom stereocenters. The third-order valence-electron chi connectivity index (χ3n) is 3.79. The van der Waals surface area contributed by atoms with Crippen molar-refractivity contribution < 1.29 is 4.79 Å². The SMILES string of the molecule is C[Si](C)(C)/C=C(\C(=O)Nc1cccc2cccnc12)c1ccccc1. The van der Waals surface area contributed by atoms with Gasteiger partial charge in [-0.3, -0.25) is 9.78 Å². The first kappa shape index (κ1) is 17.1. The number of aromatic nitrogens is 1. The molecule has 0 radical (unpaired) electrons. The fraction of sp³-hybridized carbons (Fsp3) is 0.143. The van der Waals surface area contributed by atoms with Gasteiger partial charge in [-0.15, -0.1) is 0 Å². The minimum absolute atomic E-state index is 0.0909. The largest absolute Gasteiger partial charge is 0.320 e. The third kappa shape index (κ3) is 4.22. The Hall–Kier alpha value is -2.72. The molecule has 0 saturated heterocycles. The summed E-state index contributed by atoms with van der Waals surface area (Å²) in [5.74, 6) is -0.0909. The summed E-state index contributed by atoms with van der Waals surface area (Å²) in [7, 11) is -1.58. The molecule has 1 N–H and O–H groups in total. The number of anilines is 1. The molecule has 3 rings (SSSR count). The van der Waals surface area contributed by atoms with Gasteiger partial charge in [-0.25, -0.2) is 0 Å². The minimum Gasteiger partial charge on any atom is -0.320 e. The van der Waals surface area contributed by atoms with Crippen molar-refractivity contribution in [3.05, 3.63) is 78.1 Å². The van der Waals surface area contributed by atoms with Crippen LogP contribution in [0.3, 0.4) is 0 Å². The summed E-state index contributed by atoms with van der Waals surface area (Å²) in [5, 5.41) is 4.07. The highest BCUT2D eigenvalue weighted by molar-refractivity contribution is 6.82. The van der Waals surface area contributed by atoms with Crippen molar-refractivity contribution in [2.75, 3.05) is 5.32 Å². The normalized spacial score (nSPS) is 12.2. The highest BCUT2D eigenvalue weighted by atomic mass is 28.3. The quantitative estimate of drug-likeness (QED) is 0.525.